The molecule has 0 aliphatic carbocycles. The zero-order valence-corrected chi connectivity index (χ0v) is 26.0. The van der Waals surface area contributed by atoms with Gasteiger partial charge in [-0.3, -0.25) is 9.59 Å². The van der Waals surface area contributed by atoms with Gasteiger partial charge in [0.1, 0.15) is 35.5 Å². The largest absolute Gasteiger partial charge is 0.467 e. The van der Waals surface area contributed by atoms with Gasteiger partial charge in [-0.1, -0.05) is 11.6 Å². The predicted octanol–water partition coefficient (Wildman–Crippen LogP) is 4.15. The quantitative estimate of drug-likeness (QED) is 0.114. The van der Waals surface area contributed by atoms with Crippen molar-refractivity contribution in [3.63, 3.8) is 0 Å². The number of ether oxygens (including phenoxy) is 2. The summed E-state index contributed by atoms with van der Waals surface area (Å²) in [4.78, 5) is 37.0. The summed E-state index contributed by atoms with van der Waals surface area (Å²) in [7, 11) is -4.23. The molecule has 0 aliphatic heterocycles. The van der Waals surface area contributed by atoms with Crippen LogP contribution in [0.5, 0.6) is 0 Å². The molecular formula is C28H30ClF2N3O8S2. The van der Waals surface area contributed by atoms with E-state index in [-0.39, 0.29) is 53.1 Å². The summed E-state index contributed by atoms with van der Waals surface area (Å²) in [5.74, 6) is -2.94. The Labute approximate surface area is 261 Å². The lowest BCUT2D eigenvalue weighted by Gasteiger charge is -2.19. The number of benzene rings is 2. The second-order valence-electron chi connectivity index (χ2n) is 9.49. The van der Waals surface area contributed by atoms with Crippen molar-refractivity contribution in [2.24, 2.45) is 5.14 Å². The fourth-order valence-electron chi connectivity index (χ4n) is 3.86. The van der Waals surface area contributed by atoms with Crippen LogP contribution < -0.4 is 15.8 Å². The van der Waals surface area contributed by atoms with E-state index >= 15 is 0 Å². The zero-order valence-electron chi connectivity index (χ0n) is 23.6. The number of primary sulfonamides is 1. The number of furan rings is 1. The summed E-state index contributed by atoms with van der Waals surface area (Å²) in [6.45, 7) is 3.19. The molecule has 0 bridgehead atoms. The summed E-state index contributed by atoms with van der Waals surface area (Å²) in [5, 5.41) is 10.9. The molecule has 2 aromatic carbocycles. The van der Waals surface area contributed by atoms with Crippen molar-refractivity contribution in [2.75, 3.05) is 30.0 Å². The third kappa shape index (κ3) is 10.6. The van der Waals surface area contributed by atoms with E-state index in [9.17, 15) is 31.6 Å². The van der Waals surface area contributed by atoms with Crippen LogP contribution in [-0.2, 0) is 30.8 Å². The molecule has 2 atom stereocenters. The van der Waals surface area contributed by atoms with E-state index < -0.39 is 56.4 Å². The topological polar surface area (TPSA) is 167 Å². The first-order valence-corrected chi connectivity index (χ1v) is 16.1. The molecule has 1 heterocycles. The molecule has 238 valence electrons. The fourth-order valence-corrected chi connectivity index (χ4v) is 5.56. The first-order chi connectivity index (χ1) is 20.7. The van der Waals surface area contributed by atoms with Crippen LogP contribution in [0.4, 0.5) is 14.5 Å². The molecular weight excluding hydrogens is 644 g/mol. The number of nitrogens with one attached hydrogen (secondary N) is 2. The van der Waals surface area contributed by atoms with Gasteiger partial charge in [0.25, 0.3) is 0 Å². The first kappa shape index (κ1) is 35.0. The second kappa shape index (κ2) is 16.0. The maximum absolute atomic E-state index is 13.4. The Kier molecular flexibility index (Phi) is 12.7. The van der Waals surface area contributed by atoms with Crippen LogP contribution >= 0.6 is 23.4 Å². The number of carbonyl (C=O) groups excluding carboxylic acids is 3. The van der Waals surface area contributed by atoms with Crippen LogP contribution in [0.15, 0.2) is 58.0 Å². The number of nitrogens with two attached hydrogens (primary N) is 1. The van der Waals surface area contributed by atoms with Crippen LogP contribution in [0.2, 0.25) is 5.02 Å². The lowest BCUT2D eigenvalue weighted by atomic mass is 10.0. The highest BCUT2D eigenvalue weighted by molar-refractivity contribution is 7.99. The predicted molar refractivity (Wildman–Crippen MR) is 160 cm³/mol. The molecule has 0 saturated carbocycles. The molecule has 1 aromatic heterocycles. The van der Waals surface area contributed by atoms with Crippen LogP contribution in [0, 0.1) is 11.6 Å². The zero-order chi connectivity index (χ0) is 32.4. The van der Waals surface area contributed by atoms with E-state index in [0.717, 1.165) is 30.0 Å². The number of rotatable bonds is 16. The average molecular weight is 674 g/mol. The van der Waals surface area contributed by atoms with Gasteiger partial charge in [0.05, 0.1) is 40.9 Å². The number of Topliss-reactive ketones (excluding diaryl/α,β-unsaturated/α-hetero) is 1. The molecule has 0 amide bonds. The average Bonchev–Trinajstić information content (AvgIpc) is 3.47. The second-order valence-corrected chi connectivity index (χ2v) is 12.5. The van der Waals surface area contributed by atoms with Gasteiger partial charge in [0.2, 0.25) is 10.0 Å². The molecule has 0 fully saturated rings. The summed E-state index contributed by atoms with van der Waals surface area (Å²) in [5.41, 5.74) is -0.0425. The number of ketones is 1. The molecule has 0 spiro atoms. The lowest BCUT2D eigenvalue weighted by Crippen LogP contribution is -2.42. The molecule has 0 aliphatic rings. The van der Waals surface area contributed by atoms with Crippen LogP contribution in [-0.4, -0.2) is 62.9 Å². The maximum atomic E-state index is 13.4. The van der Waals surface area contributed by atoms with Gasteiger partial charge < -0.3 is 24.5 Å². The minimum Gasteiger partial charge on any atom is -0.467 e. The van der Waals surface area contributed by atoms with Crippen molar-refractivity contribution in [3.8, 4) is 0 Å². The Morgan fingerprint density at radius 3 is 2.43 bits per heavy atom. The summed E-state index contributed by atoms with van der Waals surface area (Å²) < 4.78 is 66.4. The van der Waals surface area contributed by atoms with Gasteiger partial charge in [-0.25, -0.2) is 27.1 Å². The van der Waals surface area contributed by atoms with Crippen molar-refractivity contribution >= 4 is 56.8 Å². The summed E-state index contributed by atoms with van der Waals surface area (Å²) in [6.07, 6.45) is 1.47. The molecule has 3 aromatic rings. The molecule has 16 heteroatoms. The highest BCUT2D eigenvalue weighted by Gasteiger charge is 2.22. The third-order valence-electron chi connectivity index (χ3n) is 5.88. The van der Waals surface area contributed by atoms with E-state index in [1.54, 1.807) is 19.1 Å². The van der Waals surface area contributed by atoms with Gasteiger partial charge in [-0.05, 0) is 50.2 Å². The normalized spacial score (nSPS) is 12.8. The lowest BCUT2D eigenvalue weighted by molar-refractivity contribution is -0.141. The van der Waals surface area contributed by atoms with Crippen molar-refractivity contribution < 1.29 is 45.5 Å². The Bertz CT molecular complexity index is 1570. The molecule has 0 saturated heterocycles. The number of carbonyl (C=O) groups is 3. The van der Waals surface area contributed by atoms with Crippen molar-refractivity contribution in [1.29, 1.82) is 0 Å². The van der Waals surface area contributed by atoms with Crippen LogP contribution in [0.25, 0.3) is 0 Å². The Balaban J connectivity index is 1.44. The van der Waals surface area contributed by atoms with Crippen LogP contribution in [0.1, 0.15) is 40.3 Å². The Morgan fingerprint density at radius 2 is 1.80 bits per heavy atom. The summed E-state index contributed by atoms with van der Waals surface area (Å²) >= 11 is 7.21. The highest BCUT2D eigenvalue weighted by Crippen LogP contribution is 2.29. The molecule has 0 unspecified atom stereocenters. The summed E-state index contributed by atoms with van der Waals surface area (Å²) in [6, 6.07) is 6.97. The van der Waals surface area contributed by atoms with E-state index in [2.05, 4.69) is 10.6 Å². The van der Waals surface area contributed by atoms with E-state index in [1.165, 1.54) is 19.3 Å². The number of sulfonamides is 1. The SMILES string of the molecule is C[C@@H](COC(=O)CSCCOC(=O)c1cc(S(N)(=O)=O)c(Cl)cc1NCc1ccco1)N[C@H](C)C(=O)c1cc(F)cc(F)c1. The number of anilines is 1. The molecule has 3 rings (SSSR count). The van der Waals surface area contributed by atoms with Crippen molar-refractivity contribution in [1.82, 2.24) is 5.32 Å². The van der Waals surface area contributed by atoms with Crippen molar-refractivity contribution in [3.05, 3.63) is 82.3 Å². The number of thioether (sulfide) groups is 1. The fraction of sp³-hybridized carbons (Fsp3) is 0.321. The third-order valence-corrected chi connectivity index (χ3v) is 8.15. The minimum atomic E-state index is -4.23. The van der Waals surface area contributed by atoms with E-state index in [0.29, 0.717) is 11.8 Å². The van der Waals surface area contributed by atoms with Gasteiger partial charge >= 0.3 is 11.9 Å². The van der Waals surface area contributed by atoms with E-state index in [4.69, 9.17) is 30.6 Å². The number of hydrogen-bond donors (Lipinski definition) is 3. The number of halogens is 3. The Hall–Kier alpha value is -3.50. The smallest absolute Gasteiger partial charge is 0.340 e. The van der Waals surface area contributed by atoms with E-state index in [1.807, 2.05) is 0 Å². The number of esters is 2. The maximum Gasteiger partial charge on any atom is 0.340 e. The first-order valence-electron chi connectivity index (χ1n) is 13.0. The minimum absolute atomic E-state index is 0.0617. The highest BCUT2D eigenvalue weighted by atomic mass is 35.5. The van der Waals surface area contributed by atoms with Gasteiger partial charge in [0.15, 0.2) is 5.78 Å². The molecule has 4 N–H and O–H groups in total. The van der Waals surface area contributed by atoms with Crippen molar-refractivity contribution in [2.45, 2.75) is 37.4 Å². The molecule has 11 nitrogen and oxygen atoms in total. The van der Waals surface area contributed by atoms with Gasteiger partial charge in [-0.15, -0.1) is 11.8 Å². The molecule has 44 heavy (non-hydrogen) atoms. The monoisotopic (exact) mass is 673 g/mol. The standard InChI is InChI=1S/C28H30ClF2N3O8S2/c1-16(34-17(2)27(36)18-8-19(30)10-20(31)9-18)14-42-26(35)15-43-7-6-41-28(37)22-11-25(44(32,38)39)23(29)12-24(22)33-13-21-4-3-5-40-21/h3-5,8-12,16-17,33-34H,6-7,13-15H2,1-2H3,(H2,32,38,39)/t16-,17+/m0/s1. The van der Waals surface area contributed by atoms with Crippen LogP contribution in [0.3, 0.4) is 0 Å². The molecule has 0 radical (unpaired) electrons. The number of hydrogen-bond acceptors (Lipinski definition) is 11. The van der Waals surface area contributed by atoms with Gasteiger partial charge in [0, 0.05) is 23.4 Å². The Morgan fingerprint density at radius 1 is 1.09 bits per heavy atom. The van der Waals surface area contributed by atoms with Gasteiger partial charge in [-0.2, -0.15) is 0 Å².